The predicted octanol–water partition coefficient (Wildman–Crippen LogP) is 0.902. The van der Waals surface area contributed by atoms with Crippen molar-refractivity contribution < 1.29 is 19.5 Å². The Labute approximate surface area is 133 Å². The first kappa shape index (κ1) is 18.1. The van der Waals surface area contributed by atoms with E-state index in [2.05, 4.69) is 19.9 Å². The summed E-state index contributed by atoms with van der Waals surface area (Å²) < 4.78 is 0. The SMILES string of the molecule is CON(C)C(=O)c1cnc(C)cn1.Cc1cnc(C(=O)O)cn1. The van der Waals surface area contributed by atoms with Crippen LogP contribution < -0.4 is 0 Å². The van der Waals surface area contributed by atoms with Gasteiger partial charge in [-0.25, -0.2) is 19.8 Å². The van der Waals surface area contributed by atoms with Gasteiger partial charge in [-0.3, -0.25) is 19.6 Å². The second-order valence-electron chi connectivity index (χ2n) is 4.38. The van der Waals surface area contributed by atoms with Crippen LogP contribution in [0.25, 0.3) is 0 Å². The maximum Gasteiger partial charge on any atom is 0.356 e. The van der Waals surface area contributed by atoms with E-state index in [1.165, 1.54) is 38.9 Å². The van der Waals surface area contributed by atoms with Crippen molar-refractivity contribution in [1.29, 1.82) is 0 Å². The van der Waals surface area contributed by atoms with Gasteiger partial charge in [-0.1, -0.05) is 0 Å². The molecule has 1 amide bonds. The number of carboxylic acid groups (broad SMARTS) is 1. The zero-order valence-corrected chi connectivity index (χ0v) is 13.2. The van der Waals surface area contributed by atoms with Crippen LogP contribution in [0.4, 0.5) is 0 Å². The van der Waals surface area contributed by atoms with Crippen molar-refractivity contribution >= 4 is 11.9 Å². The molecule has 0 radical (unpaired) electrons. The molecule has 0 aliphatic heterocycles. The normalized spacial score (nSPS) is 9.57. The summed E-state index contributed by atoms with van der Waals surface area (Å²) in [6.45, 7) is 3.56. The van der Waals surface area contributed by atoms with Gasteiger partial charge in [-0.2, -0.15) is 0 Å². The van der Waals surface area contributed by atoms with E-state index in [1.807, 2.05) is 0 Å². The van der Waals surface area contributed by atoms with E-state index >= 15 is 0 Å². The van der Waals surface area contributed by atoms with Gasteiger partial charge in [0.25, 0.3) is 5.91 Å². The van der Waals surface area contributed by atoms with Crippen molar-refractivity contribution in [3.8, 4) is 0 Å². The lowest BCUT2D eigenvalue weighted by atomic mass is 10.4. The summed E-state index contributed by atoms with van der Waals surface area (Å²) in [5.41, 5.74) is 1.74. The number of aryl methyl sites for hydroxylation is 2. The molecular formula is C14H17N5O4. The predicted molar refractivity (Wildman–Crippen MR) is 79.6 cm³/mol. The largest absolute Gasteiger partial charge is 0.476 e. The number of hydrogen-bond acceptors (Lipinski definition) is 7. The minimum Gasteiger partial charge on any atom is -0.476 e. The molecule has 2 rings (SSSR count). The summed E-state index contributed by atoms with van der Waals surface area (Å²) in [7, 11) is 2.93. The smallest absolute Gasteiger partial charge is 0.356 e. The fourth-order valence-corrected chi connectivity index (χ4v) is 1.25. The molecule has 0 bridgehead atoms. The third kappa shape index (κ3) is 5.75. The van der Waals surface area contributed by atoms with Gasteiger partial charge in [0.05, 0.1) is 30.9 Å². The number of carbonyl (C=O) groups excluding carboxylic acids is 1. The molecule has 0 fully saturated rings. The Morgan fingerprint density at radius 2 is 1.43 bits per heavy atom. The average Bonchev–Trinajstić information content (AvgIpc) is 2.55. The zero-order valence-electron chi connectivity index (χ0n) is 13.2. The molecule has 2 heterocycles. The second kappa shape index (κ2) is 8.49. The molecule has 0 aliphatic carbocycles. The van der Waals surface area contributed by atoms with Crippen molar-refractivity contribution in [1.82, 2.24) is 25.0 Å². The van der Waals surface area contributed by atoms with E-state index in [4.69, 9.17) is 9.94 Å². The Balaban J connectivity index is 0.000000238. The van der Waals surface area contributed by atoms with E-state index < -0.39 is 5.97 Å². The number of hydroxylamine groups is 2. The fraction of sp³-hybridized carbons (Fsp3) is 0.286. The molecule has 23 heavy (non-hydrogen) atoms. The van der Waals surface area contributed by atoms with Gasteiger partial charge in [-0.05, 0) is 13.8 Å². The number of hydrogen-bond donors (Lipinski definition) is 1. The molecule has 0 unspecified atom stereocenters. The minimum absolute atomic E-state index is 0.0226. The van der Waals surface area contributed by atoms with Gasteiger partial charge in [0, 0.05) is 19.4 Å². The lowest BCUT2D eigenvalue weighted by Crippen LogP contribution is -2.26. The number of nitrogens with zero attached hydrogens (tertiary/aromatic N) is 5. The van der Waals surface area contributed by atoms with Crippen molar-refractivity contribution in [2.45, 2.75) is 13.8 Å². The Hall–Kier alpha value is -2.94. The van der Waals surface area contributed by atoms with Crippen LogP contribution in [0.5, 0.6) is 0 Å². The van der Waals surface area contributed by atoms with Crippen LogP contribution in [0.2, 0.25) is 0 Å². The highest BCUT2D eigenvalue weighted by Crippen LogP contribution is 1.98. The minimum atomic E-state index is -1.05. The van der Waals surface area contributed by atoms with E-state index in [1.54, 1.807) is 13.8 Å². The zero-order chi connectivity index (χ0) is 17.4. The number of aromatic carboxylic acids is 1. The molecule has 0 saturated carbocycles. The van der Waals surface area contributed by atoms with Crippen LogP contribution in [0, 0.1) is 13.8 Å². The standard InChI is InChI=1S/C8H11N3O2.C6H6N2O2/c1-6-4-10-7(5-9-6)8(12)11(2)13-3;1-4-2-8-5(3-7-4)6(9)10/h4-5H,1-3H3;2-3H,1H3,(H,9,10). The lowest BCUT2D eigenvalue weighted by Gasteiger charge is -2.12. The average molecular weight is 319 g/mol. The fourth-order valence-electron chi connectivity index (χ4n) is 1.25. The summed E-state index contributed by atoms with van der Waals surface area (Å²) in [5.74, 6) is -1.36. The summed E-state index contributed by atoms with van der Waals surface area (Å²) in [6.07, 6.45) is 5.62. The highest BCUT2D eigenvalue weighted by molar-refractivity contribution is 5.90. The van der Waals surface area contributed by atoms with Crippen LogP contribution in [-0.2, 0) is 4.84 Å². The molecule has 2 aromatic rings. The monoisotopic (exact) mass is 319 g/mol. The number of aromatic nitrogens is 4. The molecule has 9 heteroatoms. The summed E-state index contributed by atoms with van der Waals surface area (Å²) in [5, 5.41) is 9.47. The summed E-state index contributed by atoms with van der Waals surface area (Å²) in [4.78, 5) is 41.5. The third-order valence-electron chi connectivity index (χ3n) is 2.56. The highest BCUT2D eigenvalue weighted by atomic mass is 16.7. The van der Waals surface area contributed by atoms with Crippen molar-refractivity contribution in [3.05, 3.63) is 47.6 Å². The Morgan fingerprint density at radius 1 is 0.957 bits per heavy atom. The molecule has 9 nitrogen and oxygen atoms in total. The molecule has 0 saturated heterocycles. The molecule has 0 aromatic carbocycles. The van der Waals surface area contributed by atoms with Crippen molar-refractivity contribution in [2.24, 2.45) is 0 Å². The number of carboxylic acids is 1. The Bertz CT molecular complexity index is 658. The van der Waals surface area contributed by atoms with Gasteiger partial charge in [0.2, 0.25) is 0 Å². The number of rotatable bonds is 3. The van der Waals surface area contributed by atoms with Crippen LogP contribution in [0.1, 0.15) is 32.4 Å². The maximum atomic E-state index is 11.4. The van der Waals surface area contributed by atoms with Gasteiger partial charge < -0.3 is 5.11 Å². The lowest BCUT2D eigenvalue weighted by molar-refractivity contribution is -0.0760. The molecular weight excluding hydrogens is 302 g/mol. The van der Waals surface area contributed by atoms with Crippen LogP contribution in [-0.4, -0.2) is 56.1 Å². The highest BCUT2D eigenvalue weighted by Gasteiger charge is 2.12. The van der Waals surface area contributed by atoms with Crippen LogP contribution in [0.3, 0.4) is 0 Å². The van der Waals surface area contributed by atoms with Gasteiger partial charge >= 0.3 is 5.97 Å². The topological polar surface area (TPSA) is 118 Å². The molecule has 0 aliphatic rings. The van der Waals surface area contributed by atoms with Crippen LogP contribution >= 0.6 is 0 Å². The van der Waals surface area contributed by atoms with Crippen LogP contribution in [0.15, 0.2) is 24.8 Å². The third-order valence-corrected chi connectivity index (χ3v) is 2.56. The van der Waals surface area contributed by atoms with E-state index in [0.717, 1.165) is 10.8 Å². The Kier molecular flexibility index (Phi) is 6.68. The molecule has 0 spiro atoms. The molecule has 0 atom stereocenters. The summed E-state index contributed by atoms with van der Waals surface area (Å²) in [6, 6.07) is 0. The van der Waals surface area contributed by atoms with Gasteiger partial charge in [0.1, 0.15) is 5.69 Å². The van der Waals surface area contributed by atoms with E-state index in [9.17, 15) is 9.59 Å². The van der Waals surface area contributed by atoms with Crippen molar-refractivity contribution in [3.63, 3.8) is 0 Å². The maximum absolute atomic E-state index is 11.4. The Morgan fingerprint density at radius 3 is 1.78 bits per heavy atom. The summed E-state index contributed by atoms with van der Waals surface area (Å²) >= 11 is 0. The first-order valence-electron chi connectivity index (χ1n) is 6.48. The molecule has 2 aromatic heterocycles. The number of carbonyl (C=O) groups is 2. The van der Waals surface area contributed by atoms with E-state index in [-0.39, 0.29) is 17.3 Å². The quantitative estimate of drug-likeness (QED) is 0.829. The van der Waals surface area contributed by atoms with Gasteiger partial charge in [-0.15, -0.1) is 0 Å². The molecule has 122 valence electrons. The van der Waals surface area contributed by atoms with Gasteiger partial charge in [0.15, 0.2) is 5.69 Å². The second-order valence-corrected chi connectivity index (χ2v) is 4.38. The first-order chi connectivity index (χ1) is 10.8. The molecule has 1 N–H and O–H groups in total. The number of amides is 1. The van der Waals surface area contributed by atoms with Crippen molar-refractivity contribution in [2.75, 3.05) is 14.2 Å². The first-order valence-corrected chi connectivity index (χ1v) is 6.48. The van der Waals surface area contributed by atoms with E-state index in [0.29, 0.717) is 5.69 Å².